The van der Waals surface area contributed by atoms with Crippen LogP contribution in [-0.2, 0) is 23.8 Å². The van der Waals surface area contributed by atoms with Crippen LogP contribution in [0.25, 0.3) is 0 Å². The van der Waals surface area contributed by atoms with Crippen LogP contribution in [0, 0.1) is 0 Å². The second-order valence-electron chi connectivity index (χ2n) is 5.19. The molecule has 116 valence electrons. The SMILES string of the molecule is COC(=O)CCCC(NC(=O)OC(C)(C)C)C(=O)OC. The predicted molar refractivity (Wildman–Crippen MR) is 71.0 cm³/mol. The summed E-state index contributed by atoms with van der Waals surface area (Å²) in [6.07, 6.45) is 0.120. The molecule has 0 saturated carbocycles. The average Bonchev–Trinajstić information content (AvgIpc) is 2.34. The lowest BCUT2D eigenvalue weighted by Crippen LogP contribution is -2.44. The maximum atomic E-state index is 11.6. The van der Waals surface area contributed by atoms with Crippen molar-refractivity contribution in [1.29, 1.82) is 0 Å². The number of hydrogen-bond donors (Lipinski definition) is 1. The summed E-state index contributed by atoms with van der Waals surface area (Å²) in [5, 5.41) is 2.43. The Morgan fingerprint density at radius 3 is 2.15 bits per heavy atom. The molecule has 0 aliphatic carbocycles. The minimum atomic E-state index is -0.848. The number of alkyl carbamates (subject to hydrolysis) is 1. The molecule has 0 fully saturated rings. The van der Waals surface area contributed by atoms with E-state index in [0.717, 1.165) is 0 Å². The molecule has 0 aromatic carbocycles. The summed E-state index contributed by atoms with van der Waals surface area (Å²) in [6.45, 7) is 5.16. The molecule has 1 atom stereocenters. The Morgan fingerprint density at radius 1 is 1.10 bits per heavy atom. The highest BCUT2D eigenvalue weighted by Gasteiger charge is 2.24. The van der Waals surface area contributed by atoms with Crippen LogP contribution in [0.4, 0.5) is 4.79 Å². The first kappa shape index (κ1) is 18.2. The molecule has 0 aliphatic heterocycles. The molecule has 0 rings (SSSR count). The van der Waals surface area contributed by atoms with Gasteiger partial charge in [0.1, 0.15) is 11.6 Å². The smallest absolute Gasteiger partial charge is 0.408 e. The molecule has 7 nitrogen and oxygen atoms in total. The summed E-state index contributed by atoms with van der Waals surface area (Å²) in [5.41, 5.74) is -0.656. The van der Waals surface area contributed by atoms with E-state index < -0.39 is 23.7 Å². The zero-order valence-electron chi connectivity index (χ0n) is 12.6. The Bertz CT molecular complexity index is 347. The molecular weight excluding hydrogens is 266 g/mol. The Hall–Kier alpha value is -1.79. The van der Waals surface area contributed by atoms with Crippen LogP contribution in [0.2, 0.25) is 0 Å². The summed E-state index contributed by atoms with van der Waals surface area (Å²) in [7, 11) is 2.52. The fraction of sp³-hybridized carbons (Fsp3) is 0.769. The highest BCUT2D eigenvalue weighted by Crippen LogP contribution is 2.09. The molecule has 1 N–H and O–H groups in total. The second kappa shape index (κ2) is 8.39. The third kappa shape index (κ3) is 8.34. The lowest BCUT2D eigenvalue weighted by molar-refractivity contribution is -0.144. The number of ether oxygens (including phenoxy) is 3. The first-order chi connectivity index (χ1) is 9.19. The van der Waals surface area contributed by atoms with Crippen molar-refractivity contribution in [3.05, 3.63) is 0 Å². The van der Waals surface area contributed by atoms with Gasteiger partial charge in [-0.05, 0) is 33.6 Å². The summed E-state index contributed by atoms with van der Waals surface area (Å²) in [4.78, 5) is 34.2. The molecule has 0 aliphatic rings. The molecule has 0 spiro atoms. The van der Waals surface area contributed by atoms with Crippen LogP contribution >= 0.6 is 0 Å². The highest BCUT2D eigenvalue weighted by molar-refractivity contribution is 5.81. The lowest BCUT2D eigenvalue weighted by atomic mass is 10.1. The molecule has 20 heavy (non-hydrogen) atoms. The molecular formula is C13H23NO6. The summed E-state index contributed by atoms with van der Waals surface area (Å²) >= 11 is 0. The third-order valence-electron chi connectivity index (χ3n) is 2.28. The van der Waals surface area contributed by atoms with E-state index in [-0.39, 0.29) is 18.8 Å². The van der Waals surface area contributed by atoms with Crippen LogP contribution in [0.3, 0.4) is 0 Å². The lowest BCUT2D eigenvalue weighted by Gasteiger charge is -2.22. The van der Waals surface area contributed by atoms with Crippen molar-refractivity contribution in [2.24, 2.45) is 0 Å². The number of esters is 2. The fourth-order valence-corrected chi connectivity index (χ4v) is 1.39. The number of methoxy groups -OCH3 is 2. The number of carbonyl (C=O) groups excluding carboxylic acids is 3. The number of nitrogens with one attached hydrogen (secondary N) is 1. The van der Waals surface area contributed by atoms with Crippen LogP contribution in [0.15, 0.2) is 0 Å². The van der Waals surface area contributed by atoms with Crippen molar-refractivity contribution in [2.45, 2.75) is 51.7 Å². The minimum Gasteiger partial charge on any atom is -0.469 e. The van der Waals surface area contributed by atoms with Gasteiger partial charge in [0, 0.05) is 6.42 Å². The molecule has 0 radical (unpaired) electrons. The fourth-order valence-electron chi connectivity index (χ4n) is 1.39. The predicted octanol–water partition coefficient (Wildman–Crippen LogP) is 1.40. The summed E-state index contributed by atoms with van der Waals surface area (Å²) in [5.74, 6) is -0.952. The van der Waals surface area contributed by atoms with Crippen LogP contribution < -0.4 is 5.32 Å². The van der Waals surface area contributed by atoms with Gasteiger partial charge in [0.05, 0.1) is 14.2 Å². The topological polar surface area (TPSA) is 90.9 Å². The average molecular weight is 289 g/mol. The molecule has 7 heteroatoms. The van der Waals surface area contributed by atoms with Gasteiger partial charge in [-0.2, -0.15) is 0 Å². The van der Waals surface area contributed by atoms with Crippen LogP contribution in [0.1, 0.15) is 40.0 Å². The zero-order valence-corrected chi connectivity index (χ0v) is 12.6. The Morgan fingerprint density at radius 2 is 1.70 bits per heavy atom. The van der Waals surface area contributed by atoms with E-state index >= 15 is 0 Å². The van der Waals surface area contributed by atoms with Crippen molar-refractivity contribution in [1.82, 2.24) is 5.32 Å². The van der Waals surface area contributed by atoms with Crippen LogP contribution in [0.5, 0.6) is 0 Å². The second-order valence-corrected chi connectivity index (χ2v) is 5.19. The van der Waals surface area contributed by atoms with E-state index in [2.05, 4.69) is 14.8 Å². The van der Waals surface area contributed by atoms with Crippen molar-refractivity contribution in [2.75, 3.05) is 14.2 Å². The maximum absolute atomic E-state index is 11.6. The van der Waals surface area contributed by atoms with Gasteiger partial charge in [-0.25, -0.2) is 9.59 Å². The van der Waals surface area contributed by atoms with Gasteiger partial charge in [0.15, 0.2) is 0 Å². The van der Waals surface area contributed by atoms with Gasteiger partial charge < -0.3 is 19.5 Å². The van der Waals surface area contributed by atoms with Gasteiger partial charge in [-0.3, -0.25) is 4.79 Å². The summed E-state index contributed by atoms with van der Waals surface area (Å²) in [6, 6.07) is -0.848. The Balaban J connectivity index is 4.39. The van der Waals surface area contributed by atoms with Crippen LogP contribution in [-0.4, -0.2) is 43.9 Å². The summed E-state index contributed by atoms with van der Waals surface area (Å²) < 4.78 is 14.2. The van der Waals surface area contributed by atoms with Gasteiger partial charge in [0.25, 0.3) is 0 Å². The zero-order chi connectivity index (χ0) is 15.8. The molecule has 1 unspecified atom stereocenters. The van der Waals surface area contributed by atoms with E-state index in [4.69, 9.17) is 4.74 Å². The number of rotatable bonds is 6. The number of carbonyl (C=O) groups is 3. The minimum absolute atomic E-state index is 0.167. The molecule has 0 bridgehead atoms. The van der Waals surface area contributed by atoms with Crippen molar-refractivity contribution in [3.63, 3.8) is 0 Å². The number of amides is 1. The molecule has 0 aromatic heterocycles. The van der Waals surface area contributed by atoms with E-state index in [1.54, 1.807) is 20.8 Å². The van der Waals surface area contributed by atoms with E-state index in [0.29, 0.717) is 6.42 Å². The monoisotopic (exact) mass is 289 g/mol. The van der Waals surface area contributed by atoms with Gasteiger partial charge >= 0.3 is 18.0 Å². The molecule has 0 heterocycles. The first-order valence-corrected chi connectivity index (χ1v) is 6.33. The van der Waals surface area contributed by atoms with Crippen molar-refractivity contribution >= 4 is 18.0 Å². The molecule has 0 saturated heterocycles. The van der Waals surface area contributed by atoms with E-state index in [9.17, 15) is 14.4 Å². The standard InChI is InChI=1S/C13H23NO6/c1-13(2,3)20-12(17)14-9(11(16)19-5)7-6-8-10(15)18-4/h9H,6-8H2,1-5H3,(H,14,17). The Labute approximate surface area is 118 Å². The third-order valence-corrected chi connectivity index (χ3v) is 2.28. The van der Waals surface area contributed by atoms with Gasteiger partial charge in [-0.15, -0.1) is 0 Å². The maximum Gasteiger partial charge on any atom is 0.408 e. The quantitative estimate of drug-likeness (QED) is 0.587. The first-order valence-electron chi connectivity index (χ1n) is 6.33. The normalized spacial score (nSPS) is 12.2. The Kier molecular flexibility index (Phi) is 7.64. The van der Waals surface area contributed by atoms with E-state index in [1.807, 2.05) is 0 Å². The molecule has 1 amide bonds. The van der Waals surface area contributed by atoms with Gasteiger partial charge in [-0.1, -0.05) is 0 Å². The van der Waals surface area contributed by atoms with E-state index in [1.165, 1.54) is 14.2 Å². The highest BCUT2D eigenvalue weighted by atomic mass is 16.6. The number of hydrogen-bond acceptors (Lipinski definition) is 6. The van der Waals surface area contributed by atoms with Crippen molar-refractivity contribution < 1.29 is 28.6 Å². The molecule has 0 aromatic rings. The largest absolute Gasteiger partial charge is 0.469 e. The van der Waals surface area contributed by atoms with Crippen molar-refractivity contribution in [3.8, 4) is 0 Å². The van der Waals surface area contributed by atoms with Gasteiger partial charge in [0.2, 0.25) is 0 Å².